The Kier molecular flexibility index (Phi) is 1.86. The van der Waals surface area contributed by atoms with Crippen molar-refractivity contribution in [2.24, 2.45) is 17.8 Å². The van der Waals surface area contributed by atoms with Gasteiger partial charge in [-0.15, -0.1) is 6.58 Å². The average molecular weight is 162 g/mol. The van der Waals surface area contributed by atoms with Gasteiger partial charge >= 0.3 is 0 Å². The molecule has 2 aliphatic rings. The second kappa shape index (κ2) is 2.76. The lowest BCUT2D eigenvalue weighted by Gasteiger charge is -2.03. The van der Waals surface area contributed by atoms with Crippen LogP contribution >= 0.6 is 0 Å². The third kappa shape index (κ3) is 1.35. The van der Waals surface area contributed by atoms with E-state index in [-0.39, 0.29) is 0 Å². The zero-order chi connectivity index (χ0) is 8.72. The van der Waals surface area contributed by atoms with Gasteiger partial charge in [0.05, 0.1) is 0 Å². The first kappa shape index (κ1) is 8.10. The van der Waals surface area contributed by atoms with Crippen molar-refractivity contribution in [3.05, 3.63) is 24.3 Å². The molecule has 2 fully saturated rings. The molecule has 0 aliphatic heterocycles. The van der Waals surface area contributed by atoms with Crippen LogP contribution in [0.25, 0.3) is 0 Å². The van der Waals surface area contributed by atoms with E-state index in [2.05, 4.69) is 20.1 Å². The second-order valence-electron chi connectivity index (χ2n) is 4.49. The van der Waals surface area contributed by atoms with E-state index in [0.717, 1.165) is 17.8 Å². The number of fused-ring (bicyclic) bond motifs is 1. The molecule has 0 aromatic carbocycles. The molecule has 12 heavy (non-hydrogen) atoms. The Morgan fingerprint density at radius 2 is 2.00 bits per heavy atom. The number of hydrogen-bond donors (Lipinski definition) is 0. The summed E-state index contributed by atoms with van der Waals surface area (Å²) in [6.07, 6.45) is 5.42. The maximum absolute atomic E-state index is 3.99. The van der Waals surface area contributed by atoms with E-state index in [9.17, 15) is 0 Å². The molecule has 0 nitrogen and oxygen atoms in total. The smallest absolute Gasteiger partial charge is 0.01000 e. The van der Waals surface area contributed by atoms with Gasteiger partial charge in [0.15, 0.2) is 0 Å². The summed E-state index contributed by atoms with van der Waals surface area (Å²) in [5, 5.41) is 0. The van der Waals surface area contributed by atoms with Crippen LogP contribution in [-0.2, 0) is 0 Å². The van der Waals surface area contributed by atoms with Gasteiger partial charge in [-0.05, 0) is 43.9 Å². The minimum absolute atomic E-state index is 0.981. The van der Waals surface area contributed by atoms with Crippen molar-refractivity contribution in [1.29, 1.82) is 0 Å². The van der Waals surface area contributed by atoms with Crippen LogP contribution in [-0.4, -0.2) is 0 Å². The first-order chi connectivity index (χ1) is 5.72. The van der Waals surface area contributed by atoms with Crippen molar-refractivity contribution in [3.63, 3.8) is 0 Å². The van der Waals surface area contributed by atoms with Gasteiger partial charge in [0.25, 0.3) is 0 Å². The summed E-state index contributed by atoms with van der Waals surface area (Å²) in [4.78, 5) is 0. The zero-order valence-electron chi connectivity index (χ0n) is 7.97. The standard InChI is InChI=1S/C12H18/c1-8(2)6-4-5-7-10-11-9(3)12(10)11/h10-12H,1,3-7H2,2H3. The summed E-state index contributed by atoms with van der Waals surface area (Å²) >= 11 is 0. The van der Waals surface area contributed by atoms with Crippen LogP contribution in [0.3, 0.4) is 0 Å². The Balaban J connectivity index is 1.49. The van der Waals surface area contributed by atoms with E-state index in [1.807, 2.05) is 0 Å². The summed E-state index contributed by atoms with van der Waals surface area (Å²) in [7, 11) is 0. The van der Waals surface area contributed by atoms with Crippen molar-refractivity contribution >= 4 is 0 Å². The molecule has 2 saturated carbocycles. The van der Waals surface area contributed by atoms with E-state index < -0.39 is 0 Å². The quantitative estimate of drug-likeness (QED) is 0.428. The van der Waals surface area contributed by atoms with E-state index in [1.54, 1.807) is 5.57 Å². The summed E-state index contributed by atoms with van der Waals surface area (Å²) in [5.41, 5.74) is 2.88. The van der Waals surface area contributed by atoms with Crippen LogP contribution in [0.5, 0.6) is 0 Å². The van der Waals surface area contributed by atoms with Gasteiger partial charge in [0, 0.05) is 0 Å². The Labute approximate surface area is 75.4 Å². The summed E-state index contributed by atoms with van der Waals surface area (Å²) in [6, 6.07) is 0. The van der Waals surface area contributed by atoms with E-state index in [1.165, 1.54) is 31.3 Å². The fourth-order valence-corrected chi connectivity index (χ4v) is 2.33. The molecule has 0 amide bonds. The van der Waals surface area contributed by atoms with Crippen LogP contribution < -0.4 is 0 Å². The van der Waals surface area contributed by atoms with Gasteiger partial charge in [0.2, 0.25) is 0 Å². The van der Waals surface area contributed by atoms with Gasteiger partial charge in [-0.25, -0.2) is 0 Å². The molecule has 0 radical (unpaired) electrons. The number of rotatable bonds is 5. The molecule has 2 rings (SSSR count). The van der Waals surface area contributed by atoms with Crippen LogP contribution in [0, 0.1) is 17.8 Å². The molecule has 0 heterocycles. The SMILES string of the molecule is C=C(C)CCCCC1C2C(=C)C12. The monoisotopic (exact) mass is 162 g/mol. The van der Waals surface area contributed by atoms with Gasteiger partial charge < -0.3 is 0 Å². The van der Waals surface area contributed by atoms with E-state index in [4.69, 9.17) is 0 Å². The first-order valence-corrected chi connectivity index (χ1v) is 5.05. The maximum atomic E-state index is 3.99. The van der Waals surface area contributed by atoms with Crippen LogP contribution in [0.4, 0.5) is 0 Å². The van der Waals surface area contributed by atoms with Crippen LogP contribution in [0.2, 0.25) is 0 Å². The molecule has 0 aromatic heterocycles. The fraction of sp³-hybridized carbons (Fsp3) is 0.667. The molecule has 0 N–H and O–H groups in total. The Morgan fingerprint density at radius 3 is 2.50 bits per heavy atom. The van der Waals surface area contributed by atoms with Gasteiger partial charge in [-0.2, -0.15) is 0 Å². The van der Waals surface area contributed by atoms with E-state index >= 15 is 0 Å². The molecule has 66 valence electrons. The summed E-state index contributed by atoms with van der Waals surface area (Å²) in [5.74, 6) is 3.02. The predicted octanol–water partition coefficient (Wildman–Crippen LogP) is 3.55. The number of hydrogen-bond acceptors (Lipinski definition) is 0. The maximum Gasteiger partial charge on any atom is -0.01000 e. The lowest BCUT2D eigenvalue weighted by Crippen LogP contribution is -1.90. The van der Waals surface area contributed by atoms with Gasteiger partial charge in [-0.1, -0.05) is 24.1 Å². The lowest BCUT2D eigenvalue weighted by atomic mass is 10.0. The molecule has 2 aliphatic carbocycles. The number of allylic oxidation sites excluding steroid dienone is 2. The van der Waals surface area contributed by atoms with Gasteiger partial charge in [0.1, 0.15) is 0 Å². The highest BCUT2D eigenvalue weighted by Crippen LogP contribution is 2.73. The molecular formula is C12H18. The molecular weight excluding hydrogens is 144 g/mol. The molecule has 0 spiro atoms. The fourth-order valence-electron chi connectivity index (χ4n) is 2.33. The minimum atomic E-state index is 0.981. The third-order valence-electron chi connectivity index (χ3n) is 3.31. The largest absolute Gasteiger partial charge is 0.100 e. The Hall–Kier alpha value is -0.520. The average Bonchev–Trinajstić information content (AvgIpc) is 2.85. The minimum Gasteiger partial charge on any atom is -0.100 e. The summed E-state index contributed by atoms with van der Waals surface area (Å²) < 4.78 is 0. The predicted molar refractivity (Wildman–Crippen MR) is 52.9 cm³/mol. The van der Waals surface area contributed by atoms with Crippen molar-refractivity contribution < 1.29 is 0 Å². The first-order valence-electron chi connectivity index (χ1n) is 5.05. The number of unbranched alkanes of at least 4 members (excludes halogenated alkanes) is 1. The molecule has 0 saturated heterocycles. The van der Waals surface area contributed by atoms with Crippen molar-refractivity contribution in [2.75, 3.05) is 0 Å². The zero-order valence-corrected chi connectivity index (χ0v) is 7.97. The molecule has 0 bridgehead atoms. The Morgan fingerprint density at radius 1 is 1.33 bits per heavy atom. The summed E-state index contributed by atoms with van der Waals surface area (Å²) in [6.45, 7) is 10.0. The second-order valence-corrected chi connectivity index (χ2v) is 4.49. The highest BCUT2D eigenvalue weighted by atomic mass is 14.7. The normalized spacial score (nSPS) is 36.1. The molecule has 2 unspecified atom stereocenters. The van der Waals surface area contributed by atoms with E-state index in [0.29, 0.717) is 0 Å². The highest BCUT2D eigenvalue weighted by molar-refractivity contribution is 5.42. The third-order valence-corrected chi connectivity index (χ3v) is 3.31. The highest BCUT2D eigenvalue weighted by Gasteiger charge is 2.66. The van der Waals surface area contributed by atoms with Crippen LogP contribution in [0.15, 0.2) is 24.3 Å². The van der Waals surface area contributed by atoms with Crippen molar-refractivity contribution in [2.45, 2.75) is 32.6 Å². The lowest BCUT2D eigenvalue weighted by molar-refractivity contribution is 0.566. The van der Waals surface area contributed by atoms with Crippen molar-refractivity contribution in [1.82, 2.24) is 0 Å². The van der Waals surface area contributed by atoms with Gasteiger partial charge in [-0.3, -0.25) is 0 Å². The van der Waals surface area contributed by atoms with Crippen molar-refractivity contribution in [3.8, 4) is 0 Å². The topological polar surface area (TPSA) is 0 Å². The van der Waals surface area contributed by atoms with Crippen LogP contribution in [0.1, 0.15) is 32.6 Å². The molecule has 0 heteroatoms. The Bertz CT molecular complexity index is 212. The molecule has 2 atom stereocenters. The molecule has 0 aromatic rings.